The molecule has 0 aliphatic rings. The van der Waals surface area contributed by atoms with Crippen LogP contribution in [0, 0.1) is 25.5 Å². The van der Waals surface area contributed by atoms with E-state index in [2.05, 4.69) is 5.10 Å². The van der Waals surface area contributed by atoms with Crippen LogP contribution in [0.1, 0.15) is 27.3 Å². The molecule has 1 aromatic heterocycles. The van der Waals surface area contributed by atoms with Crippen LogP contribution in [0.15, 0.2) is 12.1 Å². The predicted molar refractivity (Wildman–Crippen MR) is 72.1 cm³/mol. The van der Waals surface area contributed by atoms with Gasteiger partial charge in [-0.2, -0.15) is 5.10 Å². The number of Topliss-reactive ketones (excluding diaryl/α,β-unsaturated/α-hetero) is 1. The fourth-order valence-corrected chi connectivity index (χ4v) is 2.22. The molecule has 0 atom stereocenters. The number of aryl methyl sites for hydroxylation is 3. The van der Waals surface area contributed by atoms with Gasteiger partial charge in [-0.1, -0.05) is 11.6 Å². The van der Waals surface area contributed by atoms with Gasteiger partial charge >= 0.3 is 0 Å². The lowest BCUT2D eigenvalue weighted by Gasteiger charge is -2.06. The molecule has 0 N–H and O–H groups in total. The zero-order valence-electron chi connectivity index (χ0n) is 11.3. The van der Waals surface area contributed by atoms with Crippen molar-refractivity contribution < 1.29 is 13.6 Å². The molecule has 0 fully saturated rings. The molecule has 0 aliphatic carbocycles. The number of nitrogens with zero attached hydrogens (tertiary/aromatic N) is 2. The van der Waals surface area contributed by atoms with E-state index in [0.29, 0.717) is 16.4 Å². The van der Waals surface area contributed by atoms with Crippen molar-refractivity contribution in [1.29, 1.82) is 0 Å². The number of benzene rings is 1. The second kappa shape index (κ2) is 5.32. The highest BCUT2D eigenvalue weighted by molar-refractivity contribution is 6.32. The molecule has 0 saturated carbocycles. The summed E-state index contributed by atoms with van der Waals surface area (Å²) in [6.07, 6.45) is -0.0852. The van der Waals surface area contributed by atoms with E-state index in [4.69, 9.17) is 11.6 Å². The number of carbonyl (C=O) groups is 1. The molecule has 6 heteroatoms. The van der Waals surface area contributed by atoms with Gasteiger partial charge in [-0.3, -0.25) is 9.48 Å². The van der Waals surface area contributed by atoms with E-state index in [1.54, 1.807) is 14.0 Å². The van der Waals surface area contributed by atoms with Gasteiger partial charge in [0.2, 0.25) is 0 Å². The Morgan fingerprint density at radius 2 is 1.95 bits per heavy atom. The summed E-state index contributed by atoms with van der Waals surface area (Å²) in [6, 6.07) is 1.93. The van der Waals surface area contributed by atoms with Crippen LogP contribution in [-0.2, 0) is 13.5 Å². The van der Waals surface area contributed by atoms with E-state index < -0.39 is 17.4 Å². The molecule has 0 saturated heterocycles. The third kappa shape index (κ3) is 2.58. The molecule has 0 radical (unpaired) electrons. The summed E-state index contributed by atoms with van der Waals surface area (Å²) < 4.78 is 28.4. The van der Waals surface area contributed by atoms with Crippen molar-refractivity contribution in [2.24, 2.45) is 7.05 Å². The topological polar surface area (TPSA) is 34.9 Å². The van der Waals surface area contributed by atoms with Crippen molar-refractivity contribution >= 4 is 17.4 Å². The highest BCUT2D eigenvalue weighted by Crippen LogP contribution is 2.22. The van der Waals surface area contributed by atoms with E-state index >= 15 is 0 Å². The Morgan fingerprint density at radius 1 is 1.30 bits per heavy atom. The predicted octanol–water partition coefficient (Wildman–Crippen LogP) is 3.39. The zero-order valence-corrected chi connectivity index (χ0v) is 12.1. The van der Waals surface area contributed by atoms with Crippen LogP contribution in [0.3, 0.4) is 0 Å². The molecular formula is C14H13ClF2N2O. The van der Waals surface area contributed by atoms with Crippen molar-refractivity contribution in [3.05, 3.63) is 51.3 Å². The van der Waals surface area contributed by atoms with Crippen LogP contribution in [0.4, 0.5) is 8.78 Å². The molecule has 106 valence electrons. The minimum atomic E-state index is -0.867. The first-order valence-corrected chi connectivity index (χ1v) is 6.36. The van der Waals surface area contributed by atoms with Crippen molar-refractivity contribution in [2.45, 2.75) is 20.3 Å². The largest absolute Gasteiger partial charge is 0.294 e. The number of hydrogen-bond donors (Lipinski definition) is 0. The number of hydrogen-bond acceptors (Lipinski definition) is 2. The van der Waals surface area contributed by atoms with Crippen molar-refractivity contribution in [2.75, 3.05) is 0 Å². The number of rotatable bonds is 3. The Hall–Kier alpha value is -1.75. The quantitative estimate of drug-likeness (QED) is 0.814. The molecule has 3 nitrogen and oxygen atoms in total. The highest BCUT2D eigenvalue weighted by atomic mass is 35.5. The molecule has 2 rings (SSSR count). The molecular weight excluding hydrogens is 286 g/mol. The van der Waals surface area contributed by atoms with E-state index in [-0.39, 0.29) is 17.5 Å². The van der Waals surface area contributed by atoms with Gasteiger partial charge in [0.25, 0.3) is 0 Å². The lowest BCUT2D eigenvalue weighted by Crippen LogP contribution is -2.11. The van der Waals surface area contributed by atoms with Crippen LogP contribution < -0.4 is 0 Å². The maximum absolute atomic E-state index is 13.7. The fraction of sp³-hybridized carbons (Fsp3) is 0.286. The van der Waals surface area contributed by atoms with Crippen LogP contribution in [0.5, 0.6) is 0 Å². The lowest BCUT2D eigenvalue weighted by molar-refractivity contribution is 0.0986. The molecule has 2 aromatic rings. The lowest BCUT2D eigenvalue weighted by atomic mass is 10.0. The van der Waals surface area contributed by atoms with Crippen LogP contribution in [0.2, 0.25) is 5.02 Å². The summed E-state index contributed by atoms with van der Waals surface area (Å²) in [7, 11) is 1.66. The minimum Gasteiger partial charge on any atom is -0.294 e. The van der Waals surface area contributed by atoms with E-state index in [9.17, 15) is 13.6 Å². The summed E-state index contributed by atoms with van der Waals surface area (Å²) in [5.41, 5.74) is 1.20. The van der Waals surface area contributed by atoms with Gasteiger partial charge in [-0.15, -0.1) is 0 Å². The summed E-state index contributed by atoms with van der Waals surface area (Å²) in [6.45, 7) is 3.20. The Balaban J connectivity index is 2.36. The standard InChI is InChI=1S/C14H13ClF2N2O/c1-7-4-9(11(17)5-10(7)16)13(20)6-12-14(15)8(2)18-19(12)3/h4-5H,6H2,1-3H3. The Morgan fingerprint density at radius 3 is 2.50 bits per heavy atom. The first-order chi connectivity index (χ1) is 9.31. The highest BCUT2D eigenvalue weighted by Gasteiger charge is 2.19. The molecule has 1 heterocycles. The Labute approximate surface area is 120 Å². The second-order valence-electron chi connectivity index (χ2n) is 4.65. The van der Waals surface area contributed by atoms with Crippen LogP contribution >= 0.6 is 11.6 Å². The third-order valence-electron chi connectivity index (χ3n) is 3.14. The summed E-state index contributed by atoms with van der Waals surface area (Å²) in [4.78, 5) is 12.1. The first-order valence-electron chi connectivity index (χ1n) is 5.98. The molecule has 1 aromatic carbocycles. The third-order valence-corrected chi connectivity index (χ3v) is 3.63. The van der Waals surface area contributed by atoms with E-state index in [0.717, 1.165) is 6.07 Å². The average Bonchev–Trinajstić information content (AvgIpc) is 2.60. The maximum Gasteiger partial charge on any atom is 0.171 e. The van der Waals surface area contributed by atoms with Gasteiger partial charge in [0.1, 0.15) is 11.6 Å². The monoisotopic (exact) mass is 298 g/mol. The number of carbonyl (C=O) groups excluding carboxylic acids is 1. The summed E-state index contributed by atoms with van der Waals surface area (Å²) in [5.74, 6) is -2.00. The van der Waals surface area contributed by atoms with Gasteiger partial charge < -0.3 is 0 Å². The fourth-order valence-electron chi connectivity index (χ4n) is 1.99. The maximum atomic E-state index is 13.7. The first kappa shape index (κ1) is 14.7. The Kier molecular flexibility index (Phi) is 3.90. The normalized spacial score (nSPS) is 10.9. The number of halogens is 3. The molecule has 0 amide bonds. The molecule has 0 unspecified atom stereocenters. The van der Waals surface area contributed by atoms with Crippen molar-refractivity contribution in [3.63, 3.8) is 0 Å². The molecule has 0 bridgehead atoms. The van der Waals surface area contributed by atoms with Gasteiger partial charge in [0.05, 0.1) is 28.4 Å². The molecule has 0 spiro atoms. The van der Waals surface area contributed by atoms with Gasteiger partial charge in [-0.05, 0) is 25.5 Å². The molecule has 0 aliphatic heterocycles. The minimum absolute atomic E-state index is 0.0852. The van der Waals surface area contributed by atoms with E-state index in [1.165, 1.54) is 17.7 Å². The zero-order chi connectivity index (χ0) is 15.0. The Bertz CT molecular complexity index is 695. The summed E-state index contributed by atoms with van der Waals surface area (Å²) in [5, 5.41) is 4.48. The number of ketones is 1. The van der Waals surface area contributed by atoms with Crippen molar-refractivity contribution in [1.82, 2.24) is 9.78 Å². The molecule has 20 heavy (non-hydrogen) atoms. The van der Waals surface area contributed by atoms with Gasteiger partial charge in [-0.25, -0.2) is 8.78 Å². The number of aromatic nitrogens is 2. The van der Waals surface area contributed by atoms with Crippen LogP contribution in [0.25, 0.3) is 0 Å². The average molecular weight is 299 g/mol. The van der Waals surface area contributed by atoms with Crippen molar-refractivity contribution in [3.8, 4) is 0 Å². The van der Waals surface area contributed by atoms with Gasteiger partial charge in [0.15, 0.2) is 5.78 Å². The smallest absolute Gasteiger partial charge is 0.171 e. The van der Waals surface area contributed by atoms with Crippen LogP contribution in [-0.4, -0.2) is 15.6 Å². The summed E-state index contributed by atoms with van der Waals surface area (Å²) >= 11 is 6.05. The second-order valence-corrected chi connectivity index (χ2v) is 5.03. The van der Waals surface area contributed by atoms with Gasteiger partial charge in [0, 0.05) is 13.1 Å². The van der Waals surface area contributed by atoms with E-state index in [1.807, 2.05) is 0 Å². The SMILES string of the molecule is Cc1cc(C(=O)Cc2c(Cl)c(C)nn2C)c(F)cc1F.